The SMILES string of the molecule is Cc1cc(C(NC(=O)COCCc2ccccc2)C(=O)O)ccc1F. The van der Waals surface area contributed by atoms with E-state index in [-0.39, 0.29) is 6.61 Å². The van der Waals surface area contributed by atoms with Crippen LogP contribution in [0.2, 0.25) is 0 Å². The Morgan fingerprint density at radius 3 is 2.56 bits per heavy atom. The molecule has 0 aliphatic heterocycles. The number of nitrogens with one attached hydrogen (secondary N) is 1. The van der Waals surface area contributed by atoms with Gasteiger partial charge in [0.05, 0.1) is 6.61 Å². The third-order valence-electron chi connectivity index (χ3n) is 3.68. The fraction of sp³-hybridized carbons (Fsp3) is 0.263. The first-order valence-electron chi connectivity index (χ1n) is 7.87. The number of aryl methyl sites for hydroxylation is 1. The fourth-order valence-electron chi connectivity index (χ4n) is 2.34. The maximum absolute atomic E-state index is 13.3. The number of hydrogen-bond donors (Lipinski definition) is 2. The topological polar surface area (TPSA) is 75.6 Å². The van der Waals surface area contributed by atoms with E-state index in [4.69, 9.17) is 4.74 Å². The minimum Gasteiger partial charge on any atom is -0.479 e. The first-order chi connectivity index (χ1) is 12.0. The van der Waals surface area contributed by atoms with Gasteiger partial charge in [-0.25, -0.2) is 9.18 Å². The zero-order valence-corrected chi connectivity index (χ0v) is 13.9. The standard InChI is InChI=1S/C19H20FNO4/c1-13-11-15(7-8-16(13)20)18(19(23)24)21-17(22)12-25-10-9-14-5-3-2-4-6-14/h2-8,11,18H,9-10,12H2,1H3,(H,21,22)(H,23,24). The predicted octanol–water partition coefficient (Wildman–Crippen LogP) is 2.64. The summed E-state index contributed by atoms with van der Waals surface area (Å²) >= 11 is 0. The minimum atomic E-state index is -1.25. The maximum atomic E-state index is 13.3. The number of carboxylic acid groups (broad SMARTS) is 1. The molecular weight excluding hydrogens is 325 g/mol. The molecule has 1 unspecified atom stereocenters. The van der Waals surface area contributed by atoms with Crippen LogP contribution >= 0.6 is 0 Å². The molecule has 2 N–H and O–H groups in total. The lowest BCUT2D eigenvalue weighted by Crippen LogP contribution is -2.36. The van der Waals surface area contributed by atoms with Crippen molar-refractivity contribution in [2.24, 2.45) is 0 Å². The van der Waals surface area contributed by atoms with E-state index in [0.717, 1.165) is 5.56 Å². The molecule has 5 nitrogen and oxygen atoms in total. The Labute approximate surface area is 145 Å². The lowest BCUT2D eigenvalue weighted by Gasteiger charge is -2.16. The Morgan fingerprint density at radius 2 is 1.92 bits per heavy atom. The van der Waals surface area contributed by atoms with Gasteiger partial charge in [-0.1, -0.05) is 42.5 Å². The summed E-state index contributed by atoms with van der Waals surface area (Å²) in [5.74, 6) is -2.19. The van der Waals surface area contributed by atoms with Crippen LogP contribution in [-0.2, 0) is 20.7 Å². The number of halogens is 1. The molecule has 0 radical (unpaired) electrons. The van der Waals surface area contributed by atoms with E-state index in [0.29, 0.717) is 24.2 Å². The van der Waals surface area contributed by atoms with Crippen LogP contribution in [0.1, 0.15) is 22.7 Å². The van der Waals surface area contributed by atoms with Crippen molar-refractivity contribution in [3.8, 4) is 0 Å². The molecule has 25 heavy (non-hydrogen) atoms. The third kappa shape index (κ3) is 5.69. The quantitative estimate of drug-likeness (QED) is 0.721. The van der Waals surface area contributed by atoms with E-state index in [1.807, 2.05) is 30.3 Å². The first-order valence-corrected chi connectivity index (χ1v) is 7.87. The van der Waals surface area contributed by atoms with Crippen molar-refractivity contribution in [2.75, 3.05) is 13.2 Å². The van der Waals surface area contributed by atoms with Crippen LogP contribution in [0.5, 0.6) is 0 Å². The summed E-state index contributed by atoms with van der Waals surface area (Å²) in [6.45, 7) is 1.65. The third-order valence-corrected chi connectivity index (χ3v) is 3.68. The minimum absolute atomic E-state index is 0.239. The van der Waals surface area contributed by atoms with Gasteiger partial charge >= 0.3 is 5.97 Å². The highest BCUT2D eigenvalue weighted by Gasteiger charge is 2.22. The highest BCUT2D eigenvalue weighted by atomic mass is 19.1. The Balaban J connectivity index is 1.85. The Kier molecular flexibility index (Phi) is 6.65. The molecule has 0 bridgehead atoms. The normalized spacial score (nSPS) is 11.8. The van der Waals surface area contributed by atoms with Crippen LogP contribution in [0, 0.1) is 12.7 Å². The van der Waals surface area contributed by atoms with Gasteiger partial charge in [0.1, 0.15) is 12.4 Å². The molecule has 0 saturated carbocycles. The fourth-order valence-corrected chi connectivity index (χ4v) is 2.34. The predicted molar refractivity (Wildman–Crippen MR) is 90.6 cm³/mol. The molecule has 1 atom stereocenters. The van der Waals surface area contributed by atoms with E-state index >= 15 is 0 Å². The number of ether oxygens (including phenoxy) is 1. The summed E-state index contributed by atoms with van der Waals surface area (Å²) in [6.07, 6.45) is 0.660. The first kappa shape index (κ1) is 18.6. The Morgan fingerprint density at radius 1 is 1.20 bits per heavy atom. The van der Waals surface area contributed by atoms with Gasteiger partial charge in [-0.2, -0.15) is 0 Å². The number of amides is 1. The summed E-state index contributed by atoms with van der Waals surface area (Å²) < 4.78 is 18.6. The number of carbonyl (C=O) groups excluding carboxylic acids is 1. The zero-order chi connectivity index (χ0) is 18.2. The van der Waals surface area contributed by atoms with Gasteiger partial charge < -0.3 is 15.2 Å². The molecule has 1 amide bonds. The molecule has 0 aliphatic carbocycles. The van der Waals surface area contributed by atoms with Crippen LogP contribution in [0.15, 0.2) is 48.5 Å². The molecule has 2 aromatic carbocycles. The molecule has 0 spiro atoms. The second-order valence-corrected chi connectivity index (χ2v) is 5.64. The average molecular weight is 345 g/mol. The summed E-state index contributed by atoms with van der Waals surface area (Å²) in [7, 11) is 0. The number of benzene rings is 2. The molecule has 0 fully saturated rings. The van der Waals surface area contributed by atoms with Crippen molar-refractivity contribution in [3.05, 3.63) is 71.0 Å². The van der Waals surface area contributed by atoms with Gasteiger partial charge in [-0.05, 0) is 36.1 Å². The van der Waals surface area contributed by atoms with Crippen molar-refractivity contribution < 1.29 is 23.8 Å². The van der Waals surface area contributed by atoms with Gasteiger partial charge in [0.2, 0.25) is 5.91 Å². The monoisotopic (exact) mass is 345 g/mol. The van der Waals surface area contributed by atoms with Crippen LogP contribution < -0.4 is 5.32 Å². The molecular formula is C19H20FNO4. The van der Waals surface area contributed by atoms with Crippen molar-refractivity contribution in [3.63, 3.8) is 0 Å². The van der Waals surface area contributed by atoms with E-state index in [1.54, 1.807) is 0 Å². The number of aliphatic carboxylic acids is 1. The van der Waals surface area contributed by atoms with Gasteiger partial charge in [0.15, 0.2) is 6.04 Å². The van der Waals surface area contributed by atoms with E-state index in [9.17, 15) is 19.1 Å². The summed E-state index contributed by atoms with van der Waals surface area (Å²) in [6, 6.07) is 12.4. The Bertz CT molecular complexity index is 733. The highest BCUT2D eigenvalue weighted by Crippen LogP contribution is 2.17. The van der Waals surface area contributed by atoms with Crippen LogP contribution in [0.25, 0.3) is 0 Å². The second-order valence-electron chi connectivity index (χ2n) is 5.64. The van der Waals surface area contributed by atoms with Gasteiger partial charge in [0, 0.05) is 0 Å². The van der Waals surface area contributed by atoms with Crippen LogP contribution in [-0.4, -0.2) is 30.2 Å². The van der Waals surface area contributed by atoms with Crippen molar-refractivity contribution in [1.82, 2.24) is 5.32 Å². The number of carbonyl (C=O) groups is 2. The molecule has 6 heteroatoms. The average Bonchev–Trinajstić information content (AvgIpc) is 2.60. The highest BCUT2D eigenvalue weighted by molar-refractivity contribution is 5.85. The molecule has 2 aromatic rings. The molecule has 2 rings (SSSR count). The van der Waals surface area contributed by atoms with Crippen molar-refractivity contribution in [1.29, 1.82) is 0 Å². The van der Waals surface area contributed by atoms with E-state index < -0.39 is 23.7 Å². The lowest BCUT2D eigenvalue weighted by molar-refractivity contribution is -0.142. The van der Waals surface area contributed by atoms with Gasteiger partial charge in [-0.3, -0.25) is 4.79 Å². The summed E-state index contributed by atoms with van der Waals surface area (Å²) in [4.78, 5) is 23.3. The number of hydrogen-bond acceptors (Lipinski definition) is 3. The lowest BCUT2D eigenvalue weighted by atomic mass is 10.0. The summed E-state index contributed by atoms with van der Waals surface area (Å²) in [5, 5.41) is 11.7. The van der Waals surface area contributed by atoms with E-state index in [1.165, 1.54) is 25.1 Å². The Hall–Kier alpha value is -2.73. The maximum Gasteiger partial charge on any atom is 0.330 e. The number of rotatable bonds is 8. The molecule has 0 heterocycles. The smallest absolute Gasteiger partial charge is 0.330 e. The van der Waals surface area contributed by atoms with Crippen LogP contribution in [0.4, 0.5) is 4.39 Å². The largest absolute Gasteiger partial charge is 0.479 e. The molecule has 0 aliphatic rings. The molecule has 0 saturated heterocycles. The van der Waals surface area contributed by atoms with Gasteiger partial charge in [-0.15, -0.1) is 0 Å². The van der Waals surface area contributed by atoms with Crippen molar-refractivity contribution >= 4 is 11.9 Å². The van der Waals surface area contributed by atoms with Crippen molar-refractivity contribution in [2.45, 2.75) is 19.4 Å². The van der Waals surface area contributed by atoms with E-state index in [2.05, 4.69) is 5.32 Å². The molecule has 0 aromatic heterocycles. The van der Waals surface area contributed by atoms with Crippen LogP contribution in [0.3, 0.4) is 0 Å². The molecule has 132 valence electrons. The zero-order valence-electron chi connectivity index (χ0n) is 13.9. The second kappa shape index (κ2) is 8.94. The van der Waals surface area contributed by atoms with Gasteiger partial charge in [0.25, 0.3) is 0 Å². The number of carboxylic acids is 1. The summed E-state index contributed by atoms with van der Waals surface area (Å²) in [5.41, 5.74) is 1.72.